The van der Waals surface area contributed by atoms with Crippen molar-refractivity contribution in [3.05, 3.63) is 72.1 Å². The van der Waals surface area contributed by atoms with Crippen LogP contribution in [0.1, 0.15) is 11.1 Å². The van der Waals surface area contributed by atoms with Crippen LogP contribution >= 0.6 is 12.4 Å². The molecule has 136 valence electrons. The Bertz CT molecular complexity index is 1040. The normalized spacial score (nSPS) is 11.3. The molecule has 0 aliphatic rings. The Labute approximate surface area is 161 Å². The summed E-state index contributed by atoms with van der Waals surface area (Å²) >= 11 is 0. The quantitative estimate of drug-likeness (QED) is 0.212. The van der Waals surface area contributed by atoms with Crippen LogP contribution in [0.2, 0.25) is 0 Å². The van der Waals surface area contributed by atoms with Crippen LogP contribution in [0.15, 0.2) is 71.1 Å². The lowest BCUT2D eigenvalue weighted by Gasteiger charge is -2.01. The van der Waals surface area contributed by atoms with E-state index in [-0.39, 0.29) is 18.4 Å². The zero-order valence-corrected chi connectivity index (χ0v) is 15.0. The first-order valence-electron chi connectivity index (χ1n) is 8.09. The van der Waals surface area contributed by atoms with Gasteiger partial charge in [0.1, 0.15) is 0 Å². The van der Waals surface area contributed by atoms with Gasteiger partial charge in [0.05, 0.1) is 12.4 Å². The third-order valence-corrected chi connectivity index (χ3v) is 3.93. The molecule has 7 nitrogen and oxygen atoms in total. The fourth-order valence-corrected chi connectivity index (χ4v) is 2.67. The molecule has 8 heteroatoms. The van der Waals surface area contributed by atoms with Gasteiger partial charge in [-0.25, -0.2) is 10.9 Å². The lowest BCUT2D eigenvalue weighted by atomic mass is 10.2. The molecule has 0 atom stereocenters. The van der Waals surface area contributed by atoms with Gasteiger partial charge in [-0.3, -0.25) is 5.41 Å². The first-order valence-corrected chi connectivity index (χ1v) is 8.09. The van der Waals surface area contributed by atoms with E-state index in [1.165, 1.54) is 0 Å². The number of benzene rings is 2. The molecule has 4 rings (SSSR count). The maximum Gasteiger partial charge on any atom is 0.230 e. The van der Waals surface area contributed by atoms with Gasteiger partial charge in [-0.1, -0.05) is 12.1 Å². The molecule has 0 amide bonds. The summed E-state index contributed by atoms with van der Waals surface area (Å²) in [5.41, 5.74) is 9.25. The van der Waals surface area contributed by atoms with Gasteiger partial charge >= 0.3 is 0 Å². The van der Waals surface area contributed by atoms with E-state index in [1.54, 1.807) is 12.4 Å². The second-order valence-corrected chi connectivity index (χ2v) is 5.76. The van der Waals surface area contributed by atoms with Crippen molar-refractivity contribution in [3.63, 3.8) is 0 Å². The Hall–Kier alpha value is -3.58. The molecule has 0 saturated carbocycles. The van der Waals surface area contributed by atoms with Crippen molar-refractivity contribution in [1.29, 1.82) is 5.41 Å². The average Bonchev–Trinajstić information content (AvgIpc) is 3.29. The van der Waals surface area contributed by atoms with E-state index in [9.17, 15) is 0 Å². The molecular formula is C19H18ClN7. The van der Waals surface area contributed by atoms with E-state index in [1.807, 2.05) is 60.9 Å². The molecule has 0 spiro atoms. The van der Waals surface area contributed by atoms with Crippen molar-refractivity contribution in [3.8, 4) is 0 Å². The third kappa shape index (κ3) is 4.34. The summed E-state index contributed by atoms with van der Waals surface area (Å²) in [5, 5.41) is 18.1. The highest BCUT2D eigenvalue weighted by molar-refractivity contribution is 5.91. The number of rotatable bonds is 4. The molecule has 2 aromatic heterocycles. The van der Waals surface area contributed by atoms with Gasteiger partial charge in [0.15, 0.2) is 0 Å². The fourth-order valence-electron chi connectivity index (χ4n) is 2.67. The summed E-state index contributed by atoms with van der Waals surface area (Å²) in [5.74, 6) is -0.0112. The Morgan fingerprint density at radius 3 is 1.74 bits per heavy atom. The van der Waals surface area contributed by atoms with E-state index in [0.717, 1.165) is 32.9 Å². The average molecular weight is 380 g/mol. The highest BCUT2D eigenvalue weighted by Gasteiger charge is 1.96. The number of nitrogens with zero attached hydrogens (tertiary/aromatic N) is 2. The predicted octanol–water partition coefficient (Wildman–Crippen LogP) is 3.55. The van der Waals surface area contributed by atoms with Gasteiger partial charge in [-0.2, -0.15) is 10.2 Å². The van der Waals surface area contributed by atoms with Gasteiger partial charge < -0.3 is 9.97 Å². The van der Waals surface area contributed by atoms with Crippen molar-refractivity contribution >= 4 is 52.6 Å². The van der Waals surface area contributed by atoms with Crippen molar-refractivity contribution < 1.29 is 0 Å². The summed E-state index contributed by atoms with van der Waals surface area (Å²) in [7, 11) is 0. The minimum Gasteiger partial charge on any atom is -0.361 e. The number of nitrogens with one attached hydrogen (secondary N) is 5. The molecule has 0 aliphatic heterocycles. The second kappa shape index (κ2) is 8.20. The molecule has 0 fully saturated rings. The van der Waals surface area contributed by atoms with Crippen LogP contribution in [0.5, 0.6) is 0 Å². The minimum absolute atomic E-state index is 0. The summed E-state index contributed by atoms with van der Waals surface area (Å²) in [6.07, 6.45) is 7.11. The molecule has 4 aromatic rings. The van der Waals surface area contributed by atoms with Crippen LogP contribution in [-0.4, -0.2) is 28.4 Å². The molecule has 0 unspecified atom stereocenters. The molecule has 0 bridgehead atoms. The largest absolute Gasteiger partial charge is 0.361 e. The zero-order valence-electron chi connectivity index (χ0n) is 14.2. The van der Waals surface area contributed by atoms with Crippen molar-refractivity contribution in [1.82, 2.24) is 20.8 Å². The second-order valence-electron chi connectivity index (χ2n) is 5.76. The van der Waals surface area contributed by atoms with E-state index in [0.29, 0.717) is 0 Å². The number of hydrogen-bond donors (Lipinski definition) is 5. The van der Waals surface area contributed by atoms with Gasteiger partial charge in [0.25, 0.3) is 0 Å². The fraction of sp³-hybridized carbons (Fsp3) is 0. The Morgan fingerprint density at radius 1 is 0.778 bits per heavy atom. The van der Waals surface area contributed by atoms with Crippen LogP contribution in [-0.2, 0) is 0 Å². The number of H-pyrrole nitrogens is 2. The van der Waals surface area contributed by atoms with E-state index in [4.69, 9.17) is 5.41 Å². The van der Waals surface area contributed by atoms with Crippen LogP contribution < -0.4 is 10.9 Å². The molecule has 2 heterocycles. The molecule has 27 heavy (non-hydrogen) atoms. The predicted molar refractivity (Wildman–Crippen MR) is 113 cm³/mol. The number of aromatic nitrogens is 2. The zero-order chi connectivity index (χ0) is 17.8. The first-order chi connectivity index (χ1) is 12.8. The first kappa shape index (κ1) is 18.2. The van der Waals surface area contributed by atoms with Gasteiger partial charge in [0, 0.05) is 23.4 Å². The maximum absolute atomic E-state index is 7.77. The standard InChI is InChI=1S/C19H17N7.ClH/c20-19(25-23-11-13-1-3-17-15(9-13)5-7-21-17)26-24-12-14-2-4-18-16(10-14)6-8-22-18;/h1-12,21-22H,(H3,20,25,26);1H. The number of fused-ring (bicyclic) bond motifs is 2. The monoisotopic (exact) mass is 379 g/mol. The lowest BCUT2D eigenvalue weighted by molar-refractivity contribution is 0.893. The number of aromatic amines is 2. The highest BCUT2D eigenvalue weighted by Crippen LogP contribution is 2.13. The van der Waals surface area contributed by atoms with Gasteiger partial charge in [-0.05, 0) is 58.3 Å². The molecule has 0 saturated heterocycles. The number of hydrazone groups is 2. The van der Waals surface area contributed by atoms with Crippen LogP contribution in [0.25, 0.3) is 21.8 Å². The summed E-state index contributed by atoms with van der Waals surface area (Å²) in [6, 6.07) is 15.9. The number of hydrogen-bond acceptors (Lipinski definition) is 3. The lowest BCUT2D eigenvalue weighted by Crippen LogP contribution is -2.29. The SMILES string of the molecule is Cl.N=C(NN=Cc1ccc2[nH]ccc2c1)NN=Cc1ccc2[nH]ccc2c1. The number of halogens is 1. The summed E-state index contributed by atoms with van der Waals surface area (Å²) in [6.45, 7) is 0. The molecular weight excluding hydrogens is 362 g/mol. The van der Waals surface area contributed by atoms with Gasteiger partial charge in [-0.15, -0.1) is 12.4 Å². The summed E-state index contributed by atoms with van der Waals surface area (Å²) in [4.78, 5) is 6.29. The maximum atomic E-state index is 7.77. The molecule has 0 radical (unpaired) electrons. The Balaban J connectivity index is 0.00000210. The molecule has 0 aliphatic carbocycles. The van der Waals surface area contributed by atoms with E-state index in [2.05, 4.69) is 31.0 Å². The topological polar surface area (TPSA) is 104 Å². The Morgan fingerprint density at radius 2 is 1.26 bits per heavy atom. The number of guanidine groups is 1. The third-order valence-electron chi connectivity index (χ3n) is 3.93. The van der Waals surface area contributed by atoms with Crippen LogP contribution in [0, 0.1) is 5.41 Å². The van der Waals surface area contributed by atoms with Gasteiger partial charge in [0.2, 0.25) is 5.96 Å². The Kier molecular flexibility index (Phi) is 5.53. The van der Waals surface area contributed by atoms with E-state index < -0.39 is 0 Å². The van der Waals surface area contributed by atoms with Crippen LogP contribution in [0.4, 0.5) is 0 Å². The highest BCUT2D eigenvalue weighted by atomic mass is 35.5. The minimum atomic E-state index is -0.0112. The molecule has 2 aromatic carbocycles. The van der Waals surface area contributed by atoms with Crippen molar-refractivity contribution in [2.45, 2.75) is 0 Å². The van der Waals surface area contributed by atoms with Crippen molar-refractivity contribution in [2.75, 3.05) is 0 Å². The summed E-state index contributed by atoms with van der Waals surface area (Å²) < 4.78 is 0. The van der Waals surface area contributed by atoms with Crippen LogP contribution in [0.3, 0.4) is 0 Å². The van der Waals surface area contributed by atoms with Crippen molar-refractivity contribution in [2.24, 2.45) is 10.2 Å². The molecule has 5 N–H and O–H groups in total. The smallest absolute Gasteiger partial charge is 0.230 e. The van der Waals surface area contributed by atoms with E-state index >= 15 is 0 Å².